The highest BCUT2D eigenvalue weighted by Gasteiger charge is 1.73. The molecule has 0 aliphatic heterocycles. The second-order valence-electron chi connectivity index (χ2n) is 2.03. The van der Waals surface area contributed by atoms with Gasteiger partial charge in [-0.2, -0.15) is 0 Å². The Hall–Kier alpha value is -1.04. The van der Waals surface area contributed by atoms with Gasteiger partial charge in [-0.1, -0.05) is 48.6 Å². The van der Waals surface area contributed by atoms with E-state index in [9.17, 15) is 0 Å². The Morgan fingerprint density at radius 2 is 2.00 bits per heavy atom. The highest BCUT2D eigenvalue weighted by molar-refractivity contribution is 5.23. The van der Waals surface area contributed by atoms with E-state index in [1.807, 2.05) is 44.2 Å². The van der Waals surface area contributed by atoms with Gasteiger partial charge in [0.2, 0.25) is 0 Å². The van der Waals surface area contributed by atoms with Crippen LogP contribution in [0.25, 0.3) is 0 Å². The minimum atomic E-state index is 1.22. The molecule has 0 heteroatoms. The van der Waals surface area contributed by atoms with Crippen molar-refractivity contribution in [3.05, 3.63) is 48.6 Å². The third-order valence-corrected chi connectivity index (χ3v) is 1.04. The lowest BCUT2D eigenvalue weighted by Gasteiger charge is -1.83. The molecule has 0 heterocycles. The second-order valence-corrected chi connectivity index (χ2v) is 2.03. The predicted molar refractivity (Wildman–Crippen MR) is 47.9 cm³/mol. The van der Waals surface area contributed by atoms with Crippen molar-refractivity contribution in [3.63, 3.8) is 0 Å². The van der Waals surface area contributed by atoms with Crippen molar-refractivity contribution in [1.82, 2.24) is 0 Å². The van der Waals surface area contributed by atoms with Gasteiger partial charge in [0, 0.05) is 0 Å². The van der Waals surface area contributed by atoms with Gasteiger partial charge in [-0.15, -0.1) is 0 Å². The molecule has 54 valence electrons. The summed E-state index contributed by atoms with van der Waals surface area (Å²) in [6.07, 6.45) is 11.8. The van der Waals surface area contributed by atoms with Gasteiger partial charge in [-0.25, -0.2) is 0 Å². The molecular formula is C10H14. The van der Waals surface area contributed by atoms with Gasteiger partial charge < -0.3 is 0 Å². The normalized spacial score (nSPS) is 13.2. The minimum Gasteiger partial charge on any atom is -0.0991 e. The molecule has 0 spiro atoms. The molecule has 0 radical (unpaired) electrons. The number of allylic oxidation sites excluding steroid dienone is 7. The summed E-state index contributed by atoms with van der Waals surface area (Å²) in [6.45, 7) is 7.64. The van der Waals surface area contributed by atoms with Crippen LogP contribution in [0.4, 0.5) is 0 Å². The third-order valence-electron chi connectivity index (χ3n) is 1.04. The first-order valence-corrected chi connectivity index (χ1v) is 3.40. The van der Waals surface area contributed by atoms with Crippen LogP contribution >= 0.6 is 0 Å². The molecule has 0 aromatic rings. The maximum absolute atomic E-state index is 3.60. The Balaban J connectivity index is 3.88. The first kappa shape index (κ1) is 8.96. The molecule has 0 saturated heterocycles. The van der Waals surface area contributed by atoms with Gasteiger partial charge in [-0.05, 0) is 13.8 Å². The Kier molecular flexibility index (Phi) is 5.45. The van der Waals surface area contributed by atoms with Crippen molar-refractivity contribution in [1.29, 1.82) is 0 Å². The van der Waals surface area contributed by atoms with Crippen molar-refractivity contribution in [2.45, 2.75) is 13.8 Å². The molecule has 0 unspecified atom stereocenters. The maximum atomic E-state index is 3.60. The van der Waals surface area contributed by atoms with Crippen molar-refractivity contribution in [2.24, 2.45) is 0 Å². The van der Waals surface area contributed by atoms with Gasteiger partial charge >= 0.3 is 0 Å². The molecule has 10 heavy (non-hydrogen) atoms. The molecule has 0 bridgehead atoms. The van der Waals surface area contributed by atoms with Gasteiger partial charge in [0.25, 0.3) is 0 Å². The molecule has 0 aromatic carbocycles. The van der Waals surface area contributed by atoms with Crippen LogP contribution in [0.1, 0.15) is 13.8 Å². The SMILES string of the molecule is C=C/C=C(C)/C=C/C=C/C. The monoisotopic (exact) mass is 134 g/mol. The van der Waals surface area contributed by atoms with Crippen LogP contribution in [0.15, 0.2) is 48.6 Å². The van der Waals surface area contributed by atoms with Crippen LogP contribution < -0.4 is 0 Å². The Morgan fingerprint density at radius 3 is 2.50 bits per heavy atom. The van der Waals surface area contributed by atoms with Crippen molar-refractivity contribution in [3.8, 4) is 0 Å². The van der Waals surface area contributed by atoms with Crippen molar-refractivity contribution in [2.75, 3.05) is 0 Å². The molecule has 0 atom stereocenters. The molecule has 0 rings (SSSR count). The molecule has 0 N–H and O–H groups in total. The summed E-state index contributed by atoms with van der Waals surface area (Å²) in [5.74, 6) is 0. The summed E-state index contributed by atoms with van der Waals surface area (Å²) in [5.41, 5.74) is 1.22. The van der Waals surface area contributed by atoms with Crippen LogP contribution in [0, 0.1) is 0 Å². The summed E-state index contributed by atoms with van der Waals surface area (Å²) in [4.78, 5) is 0. The van der Waals surface area contributed by atoms with E-state index in [4.69, 9.17) is 0 Å². The fraction of sp³-hybridized carbons (Fsp3) is 0.200. The van der Waals surface area contributed by atoms with Crippen LogP contribution in [-0.4, -0.2) is 0 Å². The first-order valence-electron chi connectivity index (χ1n) is 3.40. The molecule has 0 amide bonds. The largest absolute Gasteiger partial charge is 0.0991 e. The maximum Gasteiger partial charge on any atom is -0.0398 e. The molecular weight excluding hydrogens is 120 g/mol. The second kappa shape index (κ2) is 6.09. The summed E-state index contributed by atoms with van der Waals surface area (Å²) in [7, 11) is 0. The van der Waals surface area contributed by atoms with Crippen molar-refractivity contribution < 1.29 is 0 Å². The van der Waals surface area contributed by atoms with E-state index in [0.717, 1.165) is 0 Å². The lowest BCUT2D eigenvalue weighted by Crippen LogP contribution is -1.62. The van der Waals surface area contributed by atoms with Gasteiger partial charge in [0.05, 0.1) is 0 Å². The van der Waals surface area contributed by atoms with E-state index < -0.39 is 0 Å². The number of hydrogen-bond acceptors (Lipinski definition) is 0. The Morgan fingerprint density at radius 1 is 1.30 bits per heavy atom. The first-order chi connectivity index (χ1) is 4.81. The summed E-state index contributed by atoms with van der Waals surface area (Å²) < 4.78 is 0. The van der Waals surface area contributed by atoms with Crippen LogP contribution in [0.5, 0.6) is 0 Å². The topological polar surface area (TPSA) is 0 Å². The summed E-state index contributed by atoms with van der Waals surface area (Å²) in [6, 6.07) is 0. The molecule has 0 nitrogen and oxygen atoms in total. The number of rotatable bonds is 3. The smallest absolute Gasteiger partial charge is 0.0398 e. The lowest BCUT2D eigenvalue weighted by molar-refractivity contribution is 1.52. The average molecular weight is 134 g/mol. The van der Waals surface area contributed by atoms with E-state index in [-0.39, 0.29) is 0 Å². The fourth-order valence-corrected chi connectivity index (χ4v) is 0.560. The zero-order valence-electron chi connectivity index (χ0n) is 6.67. The average Bonchev–Trinajstić information content (AvgIpc) is 1.89. The van der Waals surface area contributed by atoms with E-state index in [0.29, 0.717) is 0 Å². The highest BCUT2D eigenvalue weighted by Crippen LogP contribution is 1.94. The molecule has 0 aliphatic carbocycles. The van der Waals surface area contributed by atoms with Crippen LogP contribution in [0.2, 0.25) is 0 Å². The molecule has 0 aliphatic rings. The fourth-order valence-electron chi connectivity index (χ4n) is 0.560. The quantitative estimate of drug-likeness (QED) is 0.520. The Labute approximate surface area is 63.3 Å². The third kappa shape index (κ3) is 5.10. The highest BCUT2D eigenvalue weighted by atomic mass is 13.8. The minimum absolute atomic E-state index is 1.22. The van der Waals surface area contributed by atoms with Crippen LogP contribution in [0.3, 0.4) is 0 Å². The van der Waals surface area contributed by atoms with E-state index >= 15 is 0 Å². The zero-order valence-corrected chi connectivity index (χ0v) is 6.67. The van der Waals surface area contributed by atoms with Gasteiger partial charge in [0.15, 0.2) is 0 Å². The Bertz CT molecular complexity index is 168. The molecule has 0 saturated carbocycles. The summed E-state index contributed by atoms with van der Waals surface area (Å²) in [5, 5.41) is 0. The zero-order chi connectivity index (χ0) is 7.82. The van der Waals surface area contributed by atoms with Crippen LogP contribution in [-0.2, 0) is 0 Å². The predicted octanol–water partition coefficient (Wildman–Crippen LogP) is 3.25. The van der Waals surface area contributed by atoms with E-state index in [1.165, 1.54) is 5.57 Å². The van der Waals surface area contributed by atoms with Gasteiger partial charge in [0.1, 0.15) is 0 Å². The van der Waals surface area contributed by atoms with E-state index in [2.05, 4.69) is 6.58 Å². The van der Waals surface area contributed by atoms with E-state index in [1.54, 1.807) is 6.08 Å². The summed E-state index contributed by atoms with van der Waals surface area (Å²) >= 11 is 0. The van der Waals surface area contributed by atoms with Gasteiger partial charge in [-0.3, -0.25) is 0 Å². The number of hydrogen-bond donors (Lipinski definition) is 0. The molecule has 0 fully saturated rings. The van der Waals surface area contributed by atoms with Crippen molar-refractivity contribution >= 4 is 0 Å². The standard InChI is InChI=1S/C10H14/c1-4-6-7-9-10(3)8-5-2/h4-9H,2H2,1,3H3/b6-4+,9-7+,10-8+. The lowest BCUT2D eigenvalue weighted by atomic mass is 10.2. The molecule has 0 aromatic heterocycles.